The summed E-state index contributed by atoms with van der Waals surface area (Å²) < 4.78 is 3.54. The number of aromatic nitrogens is 4. The maximum atomic E-state index is 12.9. The van der Waals surface area contributed by atoms with Crippen molar-refractivity contribution in [2.75, 3.05) is 5.75 Å². The number of thioether (sulfide) groups is 1. The van der Waals surface area contributed by atoms with Gasteiger partial charge in [0, 0.05) is 12.1 Å². The Morgan fingerprint density at radius 1 is 1.03 bits per heavy atom. The number of nitrogens with zero attached hydrogens (tertiary/aromatic N) is 4. The van der Waals surface area contributed by atoms with Gasteiger partial charge in [-0.15, -0.1) is 10.2 Å². The molecule has 4 rings (SSSR count). The smallest absolute Gasteiger partial charge is 0.262 e. The van der Waals surface area contributed by atoms with Crippen molar-refractivity contribution in [2.24, 2.45) is 0 Å². The van der Waals surface area contributed by atoms with Crippen LogP contribution >= 0.6 is 11.8 Å². The second-order valence-electron chi connectivity index (χ2n) is 8.63. The third kappa shape index (κ3) is 4.02. The van der Waals surface area contributed by atoms with Gasteiger partial charge >= 0.3 is 0 Å². The standard InChI is InChI=1S/C24H26N4O2S/c1-5-14-27-21(30)18-8-6-7-9-19(18)28-22(27)25-26-23(28)31-15-20(29)16-10-12-17(13-11-16)24(2,3)4/h6-13H,5,14-15H2,1-4H3. The lowest BCUT2D eigenvalue weighted by molar-refractivity contribution is 0.102. The molecule has 2 aromatic carbocycles. The predicted molar refractivity (Wildman–Crippen MR) is 125 cm³/mol. The largest absolute Gasteiger partial charge is 0.293 e. The van der Waals surface area contributed by atoms with Crippen molar-refractivity contribution in [3.05, 3.63) is 70.0 Å². The van der Waals surface area contributed by atoms with E-state index in [1.54, 1.807) is 4.57 Å². The molecule has 2 heterocycles. The number of carbonyl (C=O) groups excluding carboxylic acids is 1. The summed E-state index contributed by atoms with van der Waals surface area (Å²) in [7, 11) is 0. The highest BCUT2D eigenvalue weighted by molar-refractivity contribution is 7.99. The lowest BCUT2D eigenvalue weighted by atomic mass is 9.86. The van der Waals surface area contributed by atoms with Gasteiger partial charge in [0.1, 0.15) is 0 Å². The highest BCUT2D eigenvalue weighted by atomic mass is 32.2. The molecule has 0 aliphatic carbocycles. The predicted octanol–water partition coefficient (Wildman–Crippen LogP) is 4.73. The van der Waals surface area contributed by atoms with Gasteiger partial charge in [-0.05, 0) is 29.5 Å². The molecule has 0 amide bonds. The van der Waals surface area contributed by atoms with E-state index in [-0.39, 0.29) is 22.5 Å². The number of ketones is 1. The van der Waals surface area contributed by atoms with Crippen LogP contribution in [0.4, 0.5) is 0 Å². The van der Waals surface area contributed by atoms with Gasteiger partial charge < -0.3 is 0 Å². The summed E-state index contributed by atoms with van der Waals surface area (Å²) in [6.45, 7) is 9.04. The molecule has 0 aliphatic heterocycles. The molecule has 0 spiro atoms. The average molecular weight is 435 g/mol. The van der Waals surface area contributed by atoms with E-state index in [9.17, 15) is 9.59 Å². The van der Waals surface area contributed by atoms with Gasteiger partial charge in [-0.25, -0.2) is 0 Å². The summed E-state index contributed by atoms with van der Waals surface area (Å²) in [5, 5.41) is 9.81. The molecule has 0 aliphatic rings. The third-order valence-corrected chi connectivity index (χ3v) is 6.26. The number of hydrogen-bond acceptors (Lipinski definition) is 5. The van der Waals surface area contributed by atoms with E-state index in [0.29, 0.717) is 28.4 Å². The minimum atomic E-state index is -0.0658. The van der Waals surface area contributed by atoms with Crippen molar-refractivity contribution in [3.63, 3.8) is 0 Å². The Balaban J connectivity index is 1.66. The van der Waals surface area contributed by atoms with Crippen LogP contribution in [0.25, 0.3) is 16.7 Å². The average Bonchev–Trinajstić information content (AvgIpc) is 3.18. The normalized spacial score (nSPS) is 12.0. The Hall–Kier alpha value is -2.93. The molecular formula is C24H26N4O2S. The van der Waals surface area contributed by atoms with Gasteiger partial charge in [-0.3, -0.25) is 18.6 Å². The summed E-state index contributed by atoms with van der Waals surface area (Å²) in [6, 6.07) is 15.3. The number of aryl methyl sites for hydroxylation is 1. The maximum Gasteiger partial charge on any atom is 0.262 e. The van der Waals surface area contributed by atoms with Crippen LogP contribution in [0, 0.1) is 0 Å². The van der Waals surface area contributed by atoms with Gasteiger partial charge in [0.25, 0.3) is 5.56 Å². The maximum absolute atomic E-state index is 12.9. The van der Waals surface area contributed by atoms with Crippen LogP contribution in [0.2, 0.25) is 0 Å². The fourth-order valence-electron chi connectivity index (χ4n) is 3.62. The number of hydrogen-bond donors (Lipinski definition) is 0. The molecule has 0 saturated heterocycles. The highest BCUT2D eigenvalue weighted by Crippen LogP contribution is 2.25. The van der Waals surface area contributed by atoms with Crippen molar-refractivity contribution in [1.82, 2.24) is 19.2 Å². The monoisotopic (exact) mass is 434 g/mol. The van der Waals surface area contributed by atoms with Gasteiger partial charge in [-0.1, -0.05) is 75.9 Å². The summed E-state index contributed by atoms with van der Waals surface area (Å²) in [5.74, 6) is 0.792. The van der Waals surface area contributed by atoms with Crippen LogP contribution in [0.1, 0.15) is 50.0 Å². The molecule has 6 nitrogen and oxygen atoms in total. The van der Waals surface area contributed by atoms with Crippen molar-refractivity contribution in [1.29, 1.82) is 0 Å². The first-order chi connectivity index (χ1) is 14.8. The fraction of sp³-hybridized carbons (Fsp3) is 0.333. The zero-order chi connectivity index (χ0) is 22.2. The Labute approximate surface area is 185 Å². The molecule has 0 unspecified atom stereocenters. The Morgan fingerprint density at radius 2 is 1.74 bits per heavy atom. The molecule has 4 aromatic rings. The van der Waals surface area contributed by atoms with Crippen LogP contribution in [0.3, 0.4) is 0 Å². The van der Waals surface area contributed by atoms with Crippen LogP contribution in [-0.2, 0) is 12.0 Å². The molecule has 0 fully saturated rings. The van der Waals surface area contributed by atoms with Gasteiger partial charge in [-0.2, -0.15) is 0 Å². The van der Waals surface area contributed by atoms with E-state index in [2.05, 4.69) is 31.0 Å². The molecule has 7 heteroatoms. The fourth-order valence-corrected chi connectivity index (χ4v) is 4.46. The van der Waals surface area contributed by atoms with Gasteiger partial charge in [0.15, 0.2) is 10.9 Å². The summed E-state index contributed by atoms with van der Waals surface area (Å²) in [6.07, 6.45) is 0.812. The Bertz CT molecular complexity index is 1310. The van der Waals surface area contributed by atoms with E-state index in [0.717, 1.165) is 11.9 Å². The summed E-state index contributed by atoms with van der Waals surface area (Å²) in [4.78, 5) is 25.7. The Morgan fingerprint density at radius 3 is 2.42 bits per heavy atom. The number of rotatable bonds is 6. The number of Topliss-reactive ketones (excluding diaryl/α,β-unsaturated/α-hetero) is 1. The number of carbonyl (C=O) groups is 1. The summed E-state index contributed by atoms with van der Waals surface area (Å²) >= 11 is 1.34. The molecule has 0 atom stereocenters. The van der Waals surface area contributed by atoms with Gasteiger partial charge in [0.2, 0.25) is 5.78 Å². The van der Waals surface area contributed by atoms with E-state index in [1.165, 1.54) is 17.3 Å². The van der Waals surface area contributed by atoms with Crippen molar-refractivity contribution in [3.8, 4) is 0 Å². The van der Waals surface area contributed by atoms with Crippen LogP contribution in [0.15, 0.2) is 58.5 Å². The highest BCUT2D eigenvalue weighted by Gasteiger charge is 2.18. The van der Waals surface area contributed by atoms with Crippen molar-refractivity contribution >= 4 is 34.2 Å². The third-order valence-electron chi connectivity index (χ3n) is 5.33. The topological polar surface area (TPSA) is 69.3 Å². The molecule has 0 radical (unpaired) electrons. The lowest BCUT2D eigenvalue weighted by Gasteiger charge is -2.18. The van der Waals surface area contributed by atoms with E-state index in [1.807, 2.05) is 59.9 Å². The molecular weight excluding hydrogens is 408 g/mol. The molecule has 31 heavy (non-hydrogen) atoms. The number of para-hydroxylation sites is 1. The van der Waals surface area contributed by atoms with E-state index in [4.69, 9.17) is 0 Å². The molecule has 0 N–H and O–H groups in total. The first-order valence-electron chi connectivity index (χ1n) is 10.4. The van der Waals surface area contributed by atoms with Crippen LogP contribution < -0.4 is 5.56 Å². The SMILES string of the molecule is CCCn1c(=O)c2ccccc2n2c(SCC(=O)c3ccc(C(C)(C)C)cc3)nnc12. The zero-order valence-electron chi connectivity index (χ0n) is 18.3. The van der Waals surface area contributed by atoms with E-state index >= 15 is 0 Å². The molecule has 160 valence electrons. The van der Waals surface area contributed by atoms with E-state index < -0.39 is 0 Å². The lowest BCUT2D eigenvalue weighted by Crippen LogP contribution is -2.23. The summed E-state index contributed by atoms with van der Waals surface area (Å²) in [5.41, 5.74) is 2.61. The molecule has 2 aromatic heterocycles. The number of fused-ring (bicyclic) bond motifs is 3. The zero-order valence-corrected chi connectivity index (χ0v) is 19.1. The van der Waals surface area contributed by atoms with Crippen molar-refractivity contribution < 1.29 is 4.79 Å². The Kier molecular flexibility index (Phi) is 5.71. The first kappa shape index (κ1) is 21.3. The van der Waals surface area contributed by atoms with Gasteiger partial charge in [0.05, 0.1) is 16.7 Å². The second kappa shape index (κ2) is 8.30. The van der Waals surface area contributed by atoms with Crippen LogP contribution in [-0.4, -0.2) is 30.7 Å². The van der Waals surface area contributed by atoms with Crippen LogP contribution in [0.5, 0.6) is 0 Å². The first-order valence-corrected chi connectivity index (χ1v) is 11.4. The molecule has 0 bridgehead atoms. The minimum Gasteiger partial charge on any atom is -0.293 e. The minimum absolute atomic E-state index is 0.0356. The van der Waals surface area contributed by atoms with Crippen molar-refractivity contribution in [2.45, 2.75) is 51.2 Å². The second-order valence-corrected chi connectivity index (χ2v) is 9.57. The quantitative estimate of drug-likeness (QED) is 0.324. The molecule has 0 saturated carbocycles. The number of benzene rings is 2.